The van der Waals surface area contributed by atoms with Crippen molar-refractivity contribution in [3.63, 3.8) is 0 Å². The van der Waals surface area contributed by atoms with Crippen LogP contribution in [0.1, 0.15) is 50.5 Å². The van der Waals surface area contributed by atoms with Crippen molar-refractivity contribution in [2.45, 2.75) is 44.9 Å². The van der Waals surface area contributed by atoms with Crippen molar-refractivity contribution in [1.82, 2.24) is 15.2 Å². The number of urea groups is 1. The molecule has 2 saturated heterocycles. The summed E-state index contributed by atoms with van der Waals surface area (Å²) in [5.74, 6) is 0.0484. The average Bonchev–Trinajstić information content (AvgIpc) is 2.79. The first-order valence-corrected chi connectivity index (χ1v) is 11.0. The van der Waals surface area contributed by atoms with Gasteiger partial charge in [0.1, 0.15) is 0 Å². The highest BCUT2D eigenvalue weighted by Crippen LogP contribution is 2.36. The van der Waals surface area contributed by atoms with Crippen LogP contribution in [0.2, 0.25) is 0 Å². The number of imide groups is 1. The molecule has 0 aliphatic carbocycles. The van der Waals surface area contributed by atoms with Gasteiger partial charge in [-0.2, -0.15) is 0 Å². The Morgan fingerprint density at radius 2 is 1.97 bits per heavy atom. The fraction of sp³-hybridized carbons (Fsp3) is 0.478. The van der Waals surface area contributed by atoms with E-state index < -0.39 is 6.03 Å². The molecule has 2 aliphatic rings. The molecule has 4 rings (SSSR count). The molecule has 8 nitrogen and oxygen atoms in total. The van der Waals surface area contributed by atoms with E-state index in [1.807, 2.05) is 18.3 Å². The number of hydrogen-bond donors (Lipinski definition) is 1. The minimum Gasteiger partial charge on any atom is -0.449 e. The monoisotopic (exact) mass is 424 g/mol. The number of aromatic nitrogens is 1. The number of unbranched alkanes of at least 4 members (excludes halogenated alkanes) is 1. The van der Waals surface area contributed by atoms with E-state index in [9.17, 15) is 14.4 Å². The molecule has 0 bridgehead atoms. The molecule has 2 aliphatic heterocycles. The van der Waals surface area contributed by atoms with E-state index in [0.29, 0.717) is 37.8 Å². The van der Waals surface area contributed by atoms with Gasteiger partial charge in [-0.25, -0.2) is 9.59 Å². The van der Waals surface area contributed by atoms with Gasteiger partial charge >= 0.3 is 12.1 Å². The number of benzene rings is 1. The van der Waals surface area contributed by atoms with E-state index in [-0.39, 0.29) is 18.4 Å². The zero-order valence-electron chi connectivity index (χ0n) is 17.8. The summed E-state index contributed by atoms with van der Waals surface area (Å²) < 4.78 is 5.34. The van der Waals surface area contributed by atoms with Crippen LogP contribution in [0.4, 0.5) is 15.3 Å². The van der Waals surface area contributed by atoms with Gasteiger partial charge in [0.25, 0.3) is 0 Å². The van der Waals surface area contributed by atoms with E-state index in [0.717, 1.165) is 36.5 Å². The van der Waals surface area contributed by atoms with Crippen LogP contribution in [0.5, 0.6) is 0 Å². The number of piperidine rings is 1. The van der Waals surface area contributed by atoms with E-state index in [2.05, 4.69) is 23.3 Å². The van der Waals surface area contributed by atoms with Crippen LogP contribution in [0.25, 0.3) is 10.8 Å². The second-order valence-electron chi connectivity index (χ2n) is 8.09. The maximum absolute atomic E-state index is 12.3. The Morgan fingerprint density at radius 3 is 2.71 bits per heavy atom. The van der Waals surface area contributed by atoms with Gasteiger partial charge in [-0.3, -0.25) is 20.0 Å². The van der Waals surface area contributed by atoms with Crippen molar-refractivity contribution in [1.29, 1.82) is 0 Å². The third-order valence-electron chi connectivity index (χ3n) is 6.08. The number of carbonyl (C=O) groups excluding carboxylic acids is 3. The summed E-state index contributed by atoms with van der Waals surface area (Å²) in [5, 5.41) is 4.33. The SMILES string of the molecule is CCCCOC(=O)N1CCC(c2cccc3c(N4CCC(=O)NC4=O)cncc23)CC1. The first-order valence-electron chi connectivity index (χ1n) is 11.0. The summed E-state index contributed by atoms with van der Waals surface area (Å²) >= 11 is 0. The number of likely N-dealkylation sites (tertiary alicyclic amines) is 1. The van der Waals surface area contributed by atoms with Crippen LogP contribution in [-0.4, -0.2) is 54.2 Å². The number of carbonyl (C=O) groups is 3. The number of anilines is 1. The van der Waals surface area contributed by atoms with E-state index in [1.54, 1.807) is 16.0 Å². The lowest BCUT2D eigenvalue weighted by atomic mass is 9.86. The van der Waals surface area contributed by atoms with Crippen LogP contribution >= 0.6 is 0 Å². The molecule has 2 fully saturated rings. The number of fused-ring (bicyclic) bond motifs is 1. The molecule has 8 heteroatoms. The van der Waals surface area contributed by atoms with Gasteiger partial charge in [-0.1, -0.05) is 31.5 Å². The fourth-order valence-electron chi connectivity index (χ4n) is 4.34. The minimum atomic E-state index is -0.411. The molecule has 4 amide bonds. The highest BCUT2D eigenvalue weighted by Gasteiger charge is 2.28. The molecule has 3 heterocycles. The Hall–Kier alpha value is -3.16. The summed E-state index contributed by atoms with van der Waals surface area (Å²) in [6.07, 6.45) is 7.16. The predicted octanol–water partition coefficient (Wildman–Crippen LogP) is 3.80. The third kappa shape index (κ3) is 4.47. The summed E-state index contributed by atoms with van der Waals surface area (Å²) in [7, 11) is 0. The second-order valence-corrected chi connectivity index (χ2v) is 8.09. The van der Waals surface area contributed by atoms with Crippen LogP contribution in [0.3, 0.4) is 0 Å². The molecule has 1 N–H and O–H groups in total. The normalized spacial score (nSPS) is 17.7. The van der Waals surface area contributed by atoms with Crippen molar-refractivity contribution in [3.05, 3.63) is 36.2 Å². The zero-order chi connectivity index (χ0) is 21.8. The summed E-state index contributed by atoms with van der Waals surface area (Å²) in [5.41, 5.74) is 1.89. The van der Waals surface area contributed by atoms with E-state index >= 15 is 0 Å². The van der Waals surface area contributed by atoms with E-state index in [4.69, 9.17) is 4.74 Å². The molecule has 0 spiro atoms. The molecule has 164 valence electrons. The second kappa shape index (κ2) is 9.32. The smallest absolute Gasteiger partial charge is 0.409 e. The summed E-state index contributed by atoms with van der Waals surface area (Å²) in [6.45, 7) is 4.21. The average molecular weight is 425 g/mol. The predicted molar refractivity (Wildman–Crippen MR) is 117 cm³/mol. The number of ether oxygens (including phenoxy) is 1. The van der Waals surface area contributed by atoms with Gasteiger partial charge in [-0.05, 0) is 30.7 Å². The number of pyridine rings is 1. The highest BCUT2D eigenvalue weighted by atomic mass is 16.6. The molecular formula is C23H28N4O4. The molecule has 2 aromatic rings. The Bertz CT molecular complexity index is 985. The fourth-order valence-corrected chi connectivity index (χ4v) is 4.34. The topological polar surface area (TPSA) is 91.8 Å². The minimum absolute atomic E-state index is 0.223. The number of nitrogens with one attached hydrogen (secondary N) is 1. The molecule has 0 atom stereocenters. The summed E-state index contributed by atoms with van der Waals surface area (Å²) in [4.78, 5) is 43.8. The Morgan fingerprint density at radius 1 is 1.16 bits per heavy atom. The van der Waals surface area contributed by atoms with Crippen molar-refractivity contribution >= 4 is 34.5 Å². The lowest BCUT2D eigenvalue weighted by molar-refractivity contribution is -0.120. The van der Waals surface area contributed by atoms with Gasteiger partial charge < -0.3 is 9.64 Å². The van der Waals surface area contributed by atoms with Crippen molar-refractivity contribution < 1.29 is 19.1 Å². The number of nitrogens with zero attached hydrogens (tertiary/aromatic N) is 3. The maximum atomic E-state index is 12.3. The Balaban J connectivity index is 1.51. The molecule has 0 radical (unpaired) electrons. The first kappa shape index (κ1) is 21.1. The Kier molecular flexibility index (Phi) is 6.34. The first-order chi connectivity index (χ1) is 15.1. The quantitative estimate of drug-likeness (QED) is 0.737. The summed E-state index contributed by atoms with van der Waals surface area (Å²) in [6, 6.07) is 5.68. The highest BCUT2D eigenvalue weighted by molar-refractivity contribution is 6.10. The lowest BCUT2D eigenvalue weighted by Gasteiger charge is -2.32. The van der Waals surface area contributed by atoms with Crippen LogP contribution in [0.15, 0.2) is 30.6 Å². The van der Waals surface area contributed by atoms with Crippen molar-refractivity contribution in [2.75, 3.05) is 31.1 Å². The van der Waals surface area contributed by atoms with E-state index in [1.165, 1.54) is 5.56 Å². The van der Waals surface area contributed by atoms with Gasteiger partial charge in [0.2, 0.25) is 5.91 Å². The van der Waals surface area contributed by atoms with Crippen LogP contribution < -0.4 is 10.2 Å². The zero-order valence-corrected chi connectivity index (χ0v) is 17.8. The molecule has 0 unspecified atom stereocenters. The van der Waals surface area contributed by atoms with Crippen LogP contribution in [-0.2, 0) is 9.53 Å². The maximum Gasteiger partial charge on any atom is 0.409 e. The largest absolute Gasteiger partial charge is 0.449 e. The van der Waals surface area contributed by atoms with Crippen LogP contribution in [0, 0.1) is 0 Å². The van der Waals surface area contributed by atoms with Gasteiger partial charge in [0.05, 0.1) is 18.5 Å². The number of amides is 4. The number of rotatable bonds is 5. The number of hydrogen-bond acceptors (Lipinski definition) is 5. The van der Waals surface area contributed by atoms with Gasteiger partial charge in [0, 0.05) is 43.0 Å². The molecular weight excluding hydrogens is 396 g/mol. The molecule has 1 aromatic carbocycles. The molecule has 31 heavy (non-hydrogen) atoms. The van der Waals surface area contributed by atoms with Crippen molar-refractivity contribution in [2.24, 2.45) is 0 Å². The van der Waals surface area contributed by atoms with Gasteiger partial charge in [-0.15, -0.1) is 0 Å². The van der Waals surface area contributed by atoms with Crippen molar-refractivity contribution in [3.8, 4) is 0 Å². The third-order valence-corrected chi connectivity index (χ3v) is 6.08. The standard InChI is InChI=1S/C23H28N4O4/c1-2-3-13-31-23(30)26-10-7-16(8-11-26)17-5-4-6-18-19(17)14-24-15-20(18)27-12-9-21(28)25-22(27)29/h4-6,14-16H,2-3,7-13H2,1H3,(H,25,28,29). The Labute approximate surface area is 181 Å². The lowest BCUT2D eigenvalue weighted by Crippen LogP contribution is -2.49. The molecule has 0 saturated carbocycles. The molecule has 1 aromatic heterocycles. The van der Waals surface area contributed by atoms with Gasteiger partial charge in [0.15, 0.2) is 0 Å².